The van der Waals surface area contributed by atoms with E-state index < -0.39 is 0 Å². The van der Waals surface area contributed by atoms with Gasteiger partial charge in [-0.2, -0.15) is 4.98 Å². The molecule has 3 aromatic rings. The van der Waals surface area contributed by atoms with Crippen LogP contribution in [-0.4, -0.2) is 44.0 Å². The maximum absolute atomic E-state index is 12.6. The molecular weight excluding hydrogens is 342 g/mol. The molecule has 4 heterocycles. The number of nitrogens with zero attached hydrogens (tertiary/aromatic N) is 5. The summed E-state index contributed by atoms with van der Waals surface area (Å²) in [6, 6.07) is 7.24. The fourth-order valence-corrected chi connectivity index (χ4v) is 3.46. The van der Waals surface area contributed by atoms with Crippen molar-refractivity contribution in [2.75, 3.05) is 13.1 Å². The van der Waals surface area contributed by atoms with Crippen molar-refractivity contribution in [1.82, 2.24) is 25.0 Å². The molecule has 0 bridgehead atoms. The lowest BCUT2D eigenvalue weighted by molar-refractivity contribution is 0.0668. The van der Waals surface area contributed by atoms with Crippen molar-refractivity contribution >= 4 is 5.91 Å². The number of hydrogen-bond acceptors (Lipinski definition) is 6. The first kappa shape index (κ1) is 17.3. The van der Waals surface area contributed by atoms with Crippen molar-refractivity contribution in [3.8, 4) is 11.5 Å². The lowest BCUT2D eigenvalue weighted by atomic mass is 9.93. The Morgan fingerprint density at radius 3 is 2.63 bits per heavy atom. The van der Waals surface area contributed by atoms with E-state index in [1.807, 2.05) is 17.0 Å². The van der Waals surface area contributed by atoms with Crippen molar-refractivity contribution in [2.24, 2.45) is 5.92 Å². The number of hydrogen-bond donors (Lipinski definition) is 0. The SMILES string of the molecule is O=C(c1ccncc1)N1CCCC(CCc2noc(-c3ccncc3)n2)C1. The van der Waals surface area contributed by atoms with E-state index in [1.54, 1.807) is 36.9 Å². The van der Waals surface area contributed by atoms with Gasteiger partial charge in [0.25, 0.3) is 11.8 Å². The molecule has 1 unspecified atom stereocenters. The second-order valence-corrected chi connectivity index (χ2v) is 6.79. The van der Waals surface area contributed by atoms with Crippen LogP contribution in [0.2, 0.25) is 0 Å². The van der Waals surface area contributed by atoms with Gasteiger partial charge in [-0.1, -0.05) is 5.16 Å². The average Bonchev–Trinajstić information content (AvgIpc) is 3.22. The fourth-order valence-electron chi connectivity index (χ4n) is 3.46. The molecule has 1 aliphatic rings. The summed E-state index contributed by atoms with van der Waals surface area (Å²) in [5.41, 5.74) is 1.57. The van der Waals surface area contributed by atoms with E-state index >= 15 is 0 Å². The van der Waals surface area contributed by atoms with Gasteiger partial charge in [0.2, 0.25) is 0 Å². The van der Waals surface area contributed by atoms with Crippen molar-refractivity contribution in [3.63, 3.8) is 0 Å². The smallest absolute Gasteiger partial charge is 0.258 e. The molecule has 1 atom stereocenters. The molecular formula is C20H21N5O2. The number of carbonyl (C=O) groups is 1. The minimum absolute atomic E-state index is 0.0848. The average molecular weight is 363 g/mol. The maximum Gasteiger partial charge on any atom is 0.258 e. The Labute approximate surface area is 157 Å². The minimum Gasteiger partial charge on any atom is -0.338 e. The summed E-state index contributed by atoms with van der Waals surface area (Å²) in [7, 11) is 0. The molecule has 0 saturated carbocycles. The van der Waals surface area contributed by atoms with Gasteiger partial charge < -0.3 is 9.42 Å². The van der Waals surface area contributed by atoms with Crippen LogP contribution in [0.1, 0.15) is 35.4 Å². The summed E-state index contributed by atoms with van der Waals surface area (Å²) in [5, 5.41) is 4.08. The van der Waals surface area contributed by atoms with E-state index in [-0.39, 0.29) is 5.91 Å². The molecule has 138 valence electrons. The Balaban J connectivity index is 1.34. The summed E-state index contributed by atoms with van der Waals surface area (Å²) >= 11 is 0. The summed E-state index contributed by atoms with van der Waals surface area (Å²) < 4.78 is 5.35. The lowest BCUT2D eigenvalue weighted by Gasteiger charge is -2.32. The minimum atomic E-state index is 0.0848. The zero-order valence-electron chi connectivity index (χ0n) is 15.0. The van der Waals surface area contributed by atoms with Gasteiger partial charge in [-0.05, 0) is 49.4 Å². The van der Waals surface area contributed by atoms with Gasteiger partial charge in [0, 0.05) is 55.4 Å². The van der Waals surface area contributed by atoms with Gasteiger partial charge in [-0.25, -0.2) is 0 Å². The highest BCUT2D eigenvalue weighted by atomic mass is 16.5. The van der Waals surface area contributed by atoms with Gasteiger partial charge in [0.15, 0.2) is 5.82 Å². The van der Waals surface area contributed by atoms with E-state index in [4.69, 9.17) is 4.52 Å². The number of carbonyl (C=O) groups excluding carboxylic acids is 1. The molecule has 0 aliphatic carbocycles. The molecule has 7 heteroatoms. The Morgan fingerprint density at radius 2 is 1.85 bits per heavy atom. The number of aryl methyl sites for hydroxylation is 1. The largest absolute Gasteiger partial charge is 0.338 e. The molecule has 0 aromatic carbocycles. The van der Waals surface area contributed by atoms with Gasteiger partial charge in [-0.3, -0.25) is 14.8 Å². The zero-order valence-corrected chi connectivity index (χ0v) is 15.0. The van der Waals surface area contributed by atoms with Crippen LogP contribution in [0.25, 0.3) is 11.5 Å². The Morgan fingerprint density at radius 1 is 1.11 bits per heavy atom. The number of amides is 1. The standard InChI is InChI=1S/C20H21N5O2/c26-20(17-7-11-22-12-8-17)25-13-1-2-15(14-25)3-4-18-23-19(27-24-18)16-5-9-21-10-6-16/h5-12,15H,1-4,13-14H2. The van der Waals surface area contributed by atoms with Crippen LogP contribution in [0, 0.1) is 5.92 Å². The normalized spacial score (nSPS) is 17.0. The van der Waals surface area contributed by atoms with E-state index in [1.165, 1.54) is 0 Å². The van der Waals surface area contributed by atoms with E-state index in [0.29, 0.717) is 23.2 Å². The molecule has 1 amide bonds. The van der Waals surface area contributed by atoms with Gasteiger partial charge in [0.1, 0.15) is 0 Å². The predicted molar refractivity (Wildman–Crippen MR) is 98.7 cm³/mol. The summed E-state index contributed by atoms with van der Waals surface area (Å²) in [5.74, 6) is 1.76. The number of pyridine rings is 2. The first-order valence-electron chi connectivity index (χ1n) is 9.22. The first-order valence-corrected chi connectivity index (χ1v) is 9.22. The van der Waals surface area contributed by atoms with Crippen LogP contribution in [0.3, 0.4) is 0 Å². The third kappa shape index (κ3) is 4.19. The van der Waals surface area contributed by atoms with E-state index in [0.717, 1.165) is 44.3 Å². The van der Waals surface area contributed by atoms with Crippen molar-refractivity contribution < 1.29 is 9.32 Å². The Hall–Kier alpha value is -3.09. The van der Waals surface area contributed by atoms with Crippen LogP contribution < -0.4 is 0 Å². The quantitative estimate of drug-likeness (QED) is 0.693. The third-order valence-electron chi connectivity index (χ3n) is 4.91. The molecule has 3 aromatic heterocycles. The summed E-state index contributed by atoms with van der Waals surface area (Å²) in [6.07, 6.45) is 10.6. The van der Waals surface area contributed by atoms with Crippen molar-refractivity contribution in [3.05, 3.63) is 60.4 Å². The monoisotopic (exact) mass is 363 g/mol. The number of rotatable bonds is 5. The van der Waals surface area contributed by atoms with E-state index in [2.05, 4.69) is 20.1 Å². The van der Waals surface area contributed by atoms with Crippen LogP contribution >= 0.6 is 0 Å². The molecule has 0 N–H and O–H groups in total. The Bertz CT molecular complexity index is 882. The molecule has 0 radical (unpaired) electrons. The number of piperidine rings is 1. The first-order chi connectivity index (χ1) is 13.3. The molecule has 27 heavy (non-hydrogen) atoms. The summed E-state index contributed by atoms with van der Waals surface area (Å²) in [6.45, 7) is 1.59. The number of aromatic nitrogens is 4. The fraction of sp³-hybridized carbons (Fsp3) is 0.350. The molecule has 7 nitrogen and oxygen atoms in total. The van der Waals surface area contributed by atoms with Crippen LogP contribution in [0.4, 0.5) is 0 Å². The van der Waals surface area contributed by atoms with Gasteiger partial charge >= 0.3 is 0 Å². The number of likely N-dealkylation sites (tertiary alicyclic amines) is 1. The molecule has 4 rings (SSSR count). The lowest BCUT2D eigenvalue weighted by Crippen LogP contribution is -2.40. The predicted octanol–water partition coefficient (Wildman–Crippen LogP) is 3.01. The van der Waals surface area contributed by atoms with Gasteiger partial charge in [-0.15, -0.1) is 0 Å². The molecule has 1 aliphatic heterocycles. The third-order valence-corrected chi connectivity index (χ3v) is 4.91. The molecule has 0 spiro atoms. The molecule has 1 fully saturated rings. The topological polar surface area (TPSA) is 85.0 Å². The maximum atomic E-state index is 12.6. The highest BCUT2D eigenvalue weighted by Gasteiger charge is 2.24. The highest BCUT2D eigenvalue weighted by molar-refractivity contribution is 5.94. The van der Waals surface area contributed by atoms with Gasteiger partial charge in [0.05, 0.1) is 0 Å². The Kier molecular flexibility index (Phi) is 5.18. The van der Waals surface area contributed by atoms with Crippen LogP contribution in [0.15, 0.2) is 53.6 Å². The zero-order chi connectivity index (χ0) is 18.5. The van der Waals surface area contributed by atoms with Crippen molar-refractivity contribution in [2.45, 2.75) is 25.7 Å². The second kappa shape index (κ2) is 8.07. The molecule has 1 saturated heterocycles. The second-order valence-electron chi connectivity index (χ2n) is 6.79. The summed E-state index contributed by atoms with van der Waals surface area (Å²) in [4.78, 5) is 27.0. The van der Waals surface area contributed by atoms with Crippen LogP contribution in [0.5, 0.6) is 0 Å². The van der Waals surface area contributed by atoms with E-state index in [9.17, 15) is 4.79 Å². The highest BCUT2D eigenvalue weighted by Crippen LogP contribution is 2.23. The van der Waals surface area contributed by atoms with Crippen molar-refractivity contribution in [1.29, 1.82) is 0 Å². The van der Waals surface area contributed by atoms with Crippen LogP contribution in [-0.2, 0) is 6.42 Å².